The van der Waals surface area contributed by atoms with E-state index in [9.17, 15) is 4.79 Å². The Bertz CT molecular complexity index is 955. The van der Waals surface area contributed by atoms with Crippen LogP contribution in [0.5, 0.6) is 0 Å². The molecule has 1 N–H and O–H groups in total. The van der Waals surface area contributed by atoms with E-state index in [1.165, 1.54) is 0 Å². The van der Waals surface area contributed by atoms with Crippen LogP contribution in [-0.2, 0) is 7.05 Å². The highest BCUT2D eigenvalue weighted by atomic mass is 16.4. The zero-order chi connectivity index (χ0) is 18.3. The molecule has 0 unspecified atom stereocenters. The number of aromatic nitrogens is 4. The largest absolute Gasteiger partial charge is 0.418 e. The molecule has 7 heteroatoms. The van der Waals surface area contributed by atoms with Crippen molar-refractivity contribution in [2.45, 2.75) is 38.6 Å². The number of rotatable bonds is 5. The molecule has 0 spiro atoms. The Kier molecular flexibility index (Phi) is 4.06. The molecule has 3 aromatic rings. The maximum absolute atomic E-state index is 12.6. The van der Waals surface area contributed by atoms with Gasteiger partial charge in [0.05, 0.1) is 5.69 Å². The summed E-state index contributed by atoms with van der Waals surface area (Å²) in [4.78, 5) is 12.6. The van der Waals surface area contributed by atoms with Gasteiger partial charge in [-0.05, 0) is 44.9 Å². The minimum absolute atomic E-state index is 0.199. The van der Waals surface area contributed by atoms with Crippen LogP contribution in [0.4, 0.5) is 0 Å². The molecular weight excluding hydrogens is 330 g/mol. The molecule has 1 saturated carbocycles. The summed E-state index contributed by atoms with van der Waals surface area (Å²) in [6.45, 7) is 3.83. The number of carbonyl (C=O) groups excluding carboxylic acids is 1. The Morgan fingerprint density at radius 2 is 2.12 bits per heavy atom. The number of hydrogen-bond donors (Lipinski definition) is 1. The Labute approximate surface area is 151 Å². The third-order valence-electron chi connectivity index (χ3n) is 4.55. The summed E-state index contributed by atoms with van der Waals surface area (Å²) in [6.07, 6.45) is 2.30. The second-order valence-electron chi connectivity index (χ2n) is 6.86. The van der Waals surface area contributed by atoms with Gasteiger partial charge < -0.3 is 9.73 Å². The van der Waals surface area contributed by atoms with Crippen molar-refractivity contribution in [3.63, 3.8) is 0 Å². The monoisotopic (exact) mass is 351 g/mol. The lowest BCUT2D eigenvalue weighted by molar-refractivity contribution is 0.0924. The average Bonchev–Trinajstić information content (AvgIpc) is 3.20. The second kappa shape index (κ2) is 6.40. The fourth-order valence-electron chi connectivity index (χ4n) is 2.92. The van der Waals surface area contributed by atoms with Crippen LogP contribution in [-0.4, -0.2) is 25.9 Å². The van der Waals surface area contributed by atoms with Crippen molar-refractivity contribution in [3.05, 3.63) is 53.2 Å². The number of nitrogens with one attached hydrogen (secondary N) is 1. The van der Waals surface area contributed by atoms with Crippen LogP contribution in [0.25, 0.3) is 11.5 Å². The van der Waals surface area contributed by atoms with Gasteiger partial charge in [0.1, 0.15) is 11.7 Å². The Hall–Kier alpha value is -2.96. The highest BCUT2D eigenvalue weighted by molar-refractivity contribution is 5.92. The molecule has 0 aliphatic heterocycles. The highest BCUT2D eigenvalue weighted by Gasteiger charge is 2.28. The van der Waals surface area contributed by atoms with Gasteiger partial charge in [0, 0.05) is 18.5 Å². The first-order chi connectivity index (χ1) is 12.5. The molecule has 2 aromatic heterocycles. The van der Waals surface area contributed by atoms with Crippen LogP contribution in [0.2, 0.25) is 0 Å². The molecule has 26 heavy (non-hydrogen) atoms. The normalized spacial score (nSPS) is 15.0. The number of carbonyl (C=O) groups is 1. The van der Waals surface area contributed by atoms with Gasteiger partial charge in [-0.15, -0.1) is 10.2 Å². The predicted octanol–water partition coefficient (Wildman–Crippen LogP) is 3.15. The number of benzene rings is 1. The third-order valence-corrected chi connectivity index (χ3v) is 4.55. The molecule has 1 aliphatic rings. The van der Waals surface area contributed by atoms with Gasteiger partial charge in [0.2, 0.25) is 11.8 Å². The molecular formula is C19H21N5O2. The van der Waals surface area contributed by atoms with Crippen molar-refractivity contribution < 1.29 is 9.21 Å². The molecule has 134 valence electrons. The molecule has 1 aromatic carbocycles. The van der Waals surface area contributed by atoms with E-state index in [4.69, 9.17) is 4.42 Å². The van der Waals surface area contributed by atoms with E-state index >= 15 is 0 Å². The lowest BCUT2D eigenvalue weighted by Gasteiger charge is -2.09. The van der Waals surface area contributed by atoms with Gasteiger partial charge in [0.15, 0.2) is 0 Å². The first kappa shape index (κ1) is 16.5. The molecule has 0 bridgehead atoms. The highest BCUT2D eigenvalue weighted by Crippen LogP contribution is 2.39. The van der Waals surface area contributed by atoms with Gasteiger partial charge in [-0.1, -0.05) is 17.7 Å². The van der Waals surface area contributed by atoms with Crippen molar-refractivity contribution >= 4 is 5.91 Å². The topological polar surface area (TPSA) is 85.8 Å². The molecule has 2 heterocycles. The lowest BCUT2D eigenvalue weighted by Crippen LogP contribution is -2.28. The maximum Gasteiger partial charge on any atom is 0.270 e. The molecule has 1 aliphatic carbocycles. The fraction of sp³-hybridized carbons (Fsp3) is 0.368. The van der Waals surface area contributed by atoms with Crippen LogP contribution in [0.3, 0.4) is 0 Å². The number of nitrogens with zero attached hydrogens (tertiary/aromatic N) is 4. The SMILES string of the molecule is Cc1cccc(-c2nnc([C@H](C)NC(=O)c3cc(C4CC4)nn3C)o2)c1. The van der Waals surface area contributed by atoms with Crippen LogP contribution >= 0.6 is 0 Å². The summed E-state index contributed by atoms with van der Waals surface area (Å²) in [5, 5.41) is 15.5. The number of hydrogen-bond acceptors (Lipinski definition) is 5. The standard InChI is InChI=1S/C19H21N5O2/c1-11-5-4-6-14(9-11)19-22-21-18(26-19)12(2)20-17(25)16-10-15(13-7-8-13)23-24(16)3/h4-6,9-10,12-13H,7-8H2,1-3H3,(H,20,25)/t12-/m0/s1. The van der Waals surface area contributed by atoms with Crippen molar-refractivity contribution in [1.29, 1.82) is 0 Å². The van der Waals surface area contributed by atoms with Gasteiger partial charge >= 0.3 is 0 Å². The smallest absolute Gasteiger partial charge is 0.270 e. The molecule has 0 radical (unpaired) electrons. The summed E-state index contributed by atoms with van der Waals surface area (Å²) in [5.74, 6) is 1.13. The Balaban J connectivity index is 1.48. The lowest BCUT2D eigenvalue weighted by atomic mass is 10.1. The van der Waals surface area contributed by atoms with E-state index in [1.54, 1.807) is 11.7 Å². The molecule has 7 nitrogen and oxygen atoms in total. The zero-order valence-corrected chi connectivity index (χ0v) is 15.1. The average molecular weight is 351 g/mol. The van der Waals surface area contributed by atoms with Crippen molar-refractivity contribution in [2.24, 2.45) is 7.05 Å². The predicted molar refractivity (Wildman–Crippen MR) is 95.5 cm³/mol. The Morgan fingerprint density at radius 1 is 1.31 bits per heavy atom. The van der Waals surface area contributed by atoms with Crippen molar-refractivity contribution in [2.75, 3.05) is 0 Å². The first-order valence-corrected chi connectivity index (χ1v) is 8.76. The fourth-order valence-corrected chi connectivity index (χ4v) is 2.92. The third kappa shape index (κ3) is 3.24. The van der Waals surface area contributed by atoms with E-state index in [-0.39, 0.29) is 5.91 Å². The van der Waals surface area contributed by atoms with Crippen LogP contribution in [0.15, 0.2) is 34.7 Å². The van der Waals surface area contributed by atoms with Crippen molar-refractivity contribution in [3.8, 4) is 11.5 Å². The quantitative estimate of drug-likeness (QED) is 0.763. The number of aryl methyl sites for hydroxylation is 2. The maximum atomic E-state index is 12.6. The van der Waals surface area contributed by atoms with E-state index in [2.05, 4.69) is 20.6 Å². The van der Waals surface area contributed by atoms with Crippen LogP contribution < -0.4 is 5.32 Å². The van der Waals surface area contributed by atoms with E-state index in [0.29, 0.717) is 23.4 Å². The van der Waals surface area contributed by atoms with Gasteiger partial charge in [-0.2, -0.15) is 5.10 Å². The summed E-state index contributed by atoms with van der Waals surface area (Å²) in [7, 11) is 1.79. The summed E-state index contributed by atoms with van der Waals surface area (Å²) in [5.41, 5.74) is 3.51. The van der Waals surface area contributed by atoms with Crippen molar-refractivity contribution in [1.82, 2.24) is 25.3 Å². The van der Waals surface area contributed by atoms with Crippen LogP contribution in [0, 0.1) is 6.92 Å². The minimum atomic E-state index is -0.396. The molecule has 1 amide bonds. The molecule has 1 fully saturated rings. The zero-order valence-electron chi connectivity index (χ0n) is 15.1. The van der Waals surface area contributed by atoms with E-state index in [0.717, 1.165) is 29.7 Å². The second-order valence-corrected chi connectivity index (χ2v) is 6.86. The minimum Gasteiger partial charge on any atom is -0.418 e. The summed E-state index contributed by atoms with van der Waals surface area (Å²) < 4.78 is 7.37. The van der Waals surface area contributed by atoms with Gasteiger partial charge in [-0.25, -0.2) is 0 Å². The molecule has 4 rings (SSSR count). The van der Waals surface area contributed by atoms with E-state index in [1.807, 2.05) is 44.2 Å². The Morgan fingerprint density at radius 3 is 2.85 bits per heavy atom. The van der Waals surface area contributed by atoms with Gasteiger partial charge in [-0.3, -0.25) is 9.48 Å². The van der Waals surface area contributed by atoms with Crippen LogP contribution in [0.1, 0.15) is 59.4 Å². The molecule has 0 saturated heterocycles. The van der Waals surface area contributed by atoms with Gasteiger partial charge in [0.25, 0.3) is 5.91 Å². The first-order valence-electron chi connectivity index (χ1n) is 8.76. The molecule has 1 atom stereocenters. The summed E-state index contributed by atoms with van der Waals surface area (Å²) >= 11 is 0. The summed E-state index contributed by atoms with van der Waals surface area (Å²) in [6, 6.07) is 9.32. The number of amides is 1. The van der Waals surface area contributed by atoms with E-state index < -0.39 is 6.04 Å².